The summed E-state index contributed by atoms with van der Waals surface area (Å²) in [4.78, 5) is 68.4. The zero-order valence-corrected chi connectivity index (χ0v) is 35.4. The van der Waals surface area contributed by atoms with Crippen LogP contribution < -0.4 is 25.0 Å². The van der Waals surface area contributed by atoms with Gasteiger partial charge in [-0.3, -0.25) is 19.4 Å². The van der Waals surface area contributed by atoms with Crippen LogP contribution in [0.1, 0.15) is 84.7 Å². The number of anilines is 3. The zero-order chi connectivity index (χ0) is 44.2. The fourth-order valence-electron chi connectivity index (χ4n) is 7.75. The third-order valence-electron chi connectivity index (χ3n) is 11.2. The van der Waals surface area contributed by atoms with Crippen molar-refractivity contribution >= 4 is 41.7 Å². The second-order valence-electron chi connectivity index (χ2n) is 15.7. The number of aromatic nitrogens is 3. The minimum absolute atomic E-state index is 0.0000251. The third-order valence-corrected chi connectivity index (χ3v) is 11.2. The summed E-state index contributed by atoms with van der Waals surface area (Å²) in [5.41, 5.74) is 2.55. The molecule has 1 atom stereocenters. The first kappa shape index (κ1) is 45.2. The number of nitrogens with zero attached hydrogens (tertiary/aromatic N) is 6. The highest BCUT2D eigenvalue weighted by Crippen LogP contribution is 2.39. The zero-order valence-electron chi connectivity index (χ0n) is 35.4. The molecule has 2 amide bonds. The molecule has 0 bridgehead atoms. The largest absolute Gasteiger partial charge is 0.486 e. The molecular formula is C46H54F2N8O6. The van der Waals surface area contributed by atoms with Crippen molar-refractivity contribution in [2.24, 2.45) is 0 Å². The molecule has 2 aromatic carbocycles. The Hall–Kier alpha value is -6.29. The summed E-state index contributed by atoms with van der Waals surface area (Å²) in [7, 11) is 1.49. The molecule has 1 saturated heterocycles. The molecular weight excluding hydrogens is 799 g/mol. The summed E-state index contributed by atoms with van der Waals surface area (Å²) in [6.07, 6.45) is 10.1. The van der Waals surface area contributed by atoms with Crippen LogP contribution in [0.25, 0.3) is 11.3 Å². The summed E-state index contributed by atoms with van der Waals surface area (Å²) >= 11 is 0. The molecule has 0 radical (unpaired) electrons. The molecule has 4 aromatic rings. The molecule has 1 unspecified atom stereocenters. The number of amides is 2. The lowest BCUT2D eigenvalue weighted by Gasteiger charge is -2.34. The number of allylic oxidation sites excluding steroid dienone is 1. The summed E-state index contributed by atoms with van der Waals surface area (Å²) < 4.78 is 41.5. The van der Waals surface area contributed by atoms with Gasteiger partial charge in [0.2, 0.25) is 5.95 Å². The highest BCUT2D eigenvalue weighted by atomic mass is 19.1. The van der Waals surface area contributed by atoms with Gasteiger partial charge in [0.1, 0.15) is 24.3 Å². The summed E-state index contributed by atoms with van der Waals surface area (Å²) in [6.45, 7) is 11.5. The lowest BCUT2D eigenvalue weighted by Crippen LogP contribution is -2.39. The fraction of sp³-hybridized carbons (Fsp3) is 0.413. The number of carbonyl (C=O) groups is 4. The molecule has 14 nitrogen and oxygen atoms in total. The Morgan fingerprint density at radius 2 is 1.85 bits per heavy atom. The van der Waals surface area contributed by atoms with Crippen molar-refractivity contribution in [1.82, 2.24) is 30.1 Å². The van der Waals surface area contributed by atoms with Gasteiger partial charge in [-0.05, 0) is 102 Å². The molecule has 0 aliphatic carbocycles. The van der Waals surface area contributed by atoms with E-state index in [9.17, 15) is 19.2 Å². The Bertz CT molecular complexity index is 2220. The van der Waals surface area contributed by atoms with Crippen molar-refractivity contribution in [2.75, 3.05) is 63.2 Å². The maximum absolute atomic E-state index is 15.1. The van der Waals surface area contributed by atoms with Gasteiger partial charge < -0.3 is 39.6 Å². The van der Waals surface area contributed by atoms with Crippen LogP contribution in [0.5, 0.6) is 11.5 Å². The minimum Gasteiger partial charge on any atom is -0.486 e. The molecule has 328 valence electrons. The van der Waals surface area contributed by atoms with E-state index in [1.54, 1.807) is 24.4 Å². The topological polar surface area (TPSA) is 159 Å². The molecule has 0 spiro atoms. The van der Waals surface area contributed by atoms with Gasteiger partial charge in [-0.1, -0.05) is 18.2 Å². The predicted octanol–water partition coefficient (Wildman–Crippen LogP) is 6.74. The number of piperidine rings is 1. The van der Waals surface area contributed by atoms with Gasteiger partial charge in [-0.2, -0.15) is 0 Å². The number of halogens is 2. The smallest absolute Gasteiger partial charge is 0.258 e. The molecule has 2 aliphatic heterocycles. The summed E-state index contributed by atoms with van der Waals surface area (Å²) in [6, 6.07) is 10.8. The maximum Gasteiger partial charge on any atom is 0.258 e. The molecule has 0 saturated carbocycles. The predicted molar refractivity (Wildman–Crippen MR) is 232 cm³/mol. The van der Waals surface area contributed by atoms with E-state index in [0.717, 1.165) is 57.2 Å². The number of fused-ring (bicyclic) bond motifs is 1. The van der Waals surface area contributed by atoms with E-state index in [1.165, 1.54) is 30.1 Å². The first-order valence-corrected chi connectivity index (χ1v) is 21.0. The monoisotopic (exact) mass is 852 g/mol. The number of likely N-dealkylation sites (N-methyl/N-ethyl adjacent to an activating group) is 1. The number of aldehydes is 2. The molecule has 2 N–H and O–H groups in total. The van der Waals surface area contributed by atoms with E-state index in [1.807, 2.05) is 30.9 Å². The SMILES string of the molecule is C=CCCC(C=O)N(C)C(=O)c1c(C=O)cccc1OCC(=O)NCCCCN1CCC(c2ccc(Nc3ncc(F)c(-c4cc(F)c5c(c4)N(C(C)C)CCO5)n3)cn2)CC1. The molecule has 4 heterocycles. The summed E-state index contributed by atoms with van der Waals surface area (Å²) in [5, 5.41) is 5.96. The normalized spacial score (nSPS) is 14.6. The van der Waals surface area contributed by atoms with E-state index >= 15 is 8.78 Å². The van der Waals surface area contributed by atoms with Crippen molar-refractivity contribution < 1.29 is 37.4 Å². The van der Waals surface area contributed by atoms with E-state index in [4.69, 9.17) is 14.5 Å². The number of likely N-dealkylation sites (tertiary alicyclic amines) is 1. The summed E-state index contributed by atoms with van der Waals surface area (Å²) in [5.74, 6) is -1.45. The number of ether oxygens (including phenoxy) is 2. The van der Waals surface area contributed by atoms with Crippen LogP contribution in [-0.4, -0.2) is 114 Å². The number of hydrogen-bond donors (Lipinski definition) is 2. The third kappa shape index (κ3) is 11.1. The van der Waals surface area contributed by atoms with E-state index in [0.29, 0.717) is 62.4 Å². The Labute approximate surface area is 360 Å². The van der Waals surface area contributed by atoms with Crippen molar-refractivity contribution in [3.05, 3.63) is 96.0 Å². The molecule has 2 aromatic heterocycles. The number of carbonyl (C=O) groups excluding carboxylic acids is 4. The Morgan fingerprint density at radius 1 is 1.05 bits per heavy atom. The second-order valence-corrected chi connectivity index (χ2v) is 15.7. The lowest BCUT2D eigenvalue weighted by molar-refractivity contribution is -0.123. The van der Waals surface area contributed by atoms with Crippen LogP contribution in [0, 0.1) is 11.6 Å². The van der Waals surface area contributed by atoms with Gasteiger partial charge in [0.15, 0.2) is 30.3 Å². The minimum atomic E-state index is -0.708. The molecule has 62 heavy (non-hydrogen) atoms. The average molecular weight is 853 g/mol. The van der Waals surface area contributed by atoms with Crippen LogP contribution in [-0.2, 0) is 9.59 Å². The quantitative estimate of drug-likeness (QED) is 0.0549. The van der Waals surface area contributed by atoms with Crippen LogP contribution >= 0.6 is 0 Å². The number of hydrogen-bond acceptors (Lipinski definition) is 12. The van der Waals surface area contributed by atoms with Gasteiger partial charge >= 0.3 is 0 Å². The van der Waals surface area contributed by atoms with Crippen molar-refractivity contribution in [2.45, 2.75) is 70.4 Å². The van der Waals surface area contributed by atoms with Crippen molar-refractivity contribution in [3.8, 4) is 22.8 Å². The first-order valence-electron chi connectivity index (χ1n) is 21.0. The average Bonchev–Trinajstić information content (AvgIpc) is 3.28. The van der Waals surface area contributed by atoms with Crippen LogP contribution in [0.2, 0.25) is 0 Å². The molecule has 6 rings (SSSR count). The van der Waals surface area contributed by atoms with E-state index in [2.05, 4.69) is 32.1 Å². The number of pyridine rings is 1. The van der Waals surface area contributed by atoms with Gasteiger partial charge in [-0.15, -0.1) is 6.58 Å². The van der Waals surface area contributed by atoms with Crippen molar-refractivity contribution in [3.63, 3.8) is 0 Å². The second kappa shape index (κ2) is 21.5. The van der Waals surface area contributed by atoms with E-state index in [-0.39, 0.29) is 58.4 Å². The highest BCUT2D eigenvalue weighted by molar-refractivity contribution is 6.04. The number of benzene rings is 2. The van der Waals surface area contributed by atoms with Crippen LogP contribution in [0.15, 0.2) is 67.5 Å². The van der Waals surface area contributed by atoms with Gasteiger partial charge in [0, 0.05) is 42.4 Å². The fourth-order valence-corrected chi connectivity index (χ4v) is 7.75. The van der Waals surface area contributed by atoms with Gasteiger partial charge in [0.05, 0.1) is 41.9 Å². The number of rotatable bonds is 20. The number of nitrogens with one attached hydrogen (secondary N) is 2. The number of unbranched alkanes of at least 4 members (excludes halogenated alkanes) is 1. The maximum atomic E-state index is 15.1. The van der Waals surface area contributed by atoms with Crippen LogP contribution in [0.3, 0.4) is 0 Å². The van der Waals surface area contributed by atoms with Crippen molar-refractivity contribution in [1.29, 1.82) is 0 Å². The molecule has 16 heteroatoms. The molecule has 2 aliphatic rings. The van der Waals surface area contributed by atoms with E-state index < -0.39 is 23.6 Å². The highest BCUT2D eigenvalue weighted by Gasteiger charge is 2.28. The Balaban J connectivity index is 0.925. The molecule has 1 fully saturated rings. The van der Waals surface area contributed by atoms with Crippen LogP contribution in [0.4, 0.5) is 26.1 Å². The first-order chi connectivity index (χ1) is 30.0. The van der Waals surface area contributed by atoms with Gasteiger partial charge in [0.25, 0.3) is 11.8 Å². The van der Waals surface area contributed by atoms with Gasteiger partial charge in [-0.25, -0.2) is 18.7 Å². The Morgan fingerprint density at radius 3 is 2.56 bits per heavy atom. The standard InChI is InChI=1S/C46H54F2N8O6/c1-5-6-11-35(28-58)54(4)45(60)42-32(27-57)10-9-12-40(42)62-29-41(59)49-17-7-8-18-55-19-15-31(16-20-55)38-14-13-34(25-50-38)52-46-51-26-37(48)43(53-46)33-23-36(47)44-39(24-33)56(30(2)3)21-22-61-44/h5,9-10,12-14,23-28,30-31,35H,1,6-8,11,15-22,29H2,2-4H3,(H,49,59)(H,51,52,53). The Kier molecular flexibility index (Phi) is 15.7. The lowest BCUT2D eigenvalue weighted by atomic mass is 9.93.